The zero-order chi connectivity index (χ0) is 17.1. The highest BCUT2D eigenvalue weighted by Crippen LogP contribution is 2.29. The topological polar surface area (TPSA) is 69.7 Å². The minimum absolute atomic E-state index is 0.0437. The third-order valence-corrected chi connectivity index (χ3v) is 5.01. The Bertz CT molecular complexity index is 646. The van der Waals surface area contributed by atoms with Crippen molar-refractivity contribution < 1.29 is 23.5 Å². The van der Waals surface area contributed by atoms with Crippen LogP contribution in [0.2, 0.25) is 0 Å². The minimum atomic E-state index is -3.99. The Labute approximate surface area is 133 Å². The molecule has 1 fully saturated rings. The van der Waals surface area contributed by atoms with E-state index in [0.717, 1.165) is 5.56 Å². The molecule has 0 spiro atoms. The maximum atomic E-state index is 12.3. The van der Waals surface area contributed by atoms with E-state index in [2.05, 4.69) is 0 Å². The first-order valence-electron chi connectivity index (χ1n) is 7.95. The summed E-state index contributed by atoms with van der Waals surface area (Å²) >= 11 is 0. The third kappa shape index (κ3) is 4.30. The lowest BCUT2D eigenvalue weighted by Gasteiger charge is -2.26. The first-order valence-corrected chi connectivity index (χ1v) is 8.85. The maximum absolute atomic E-state index is 12.3. The average molecular weight is 327 g/mol. The van der Waals surface area contributed by atoms with Crippen LogP contribution >= 0.6 is 0 Å². The van der Waals surface area contributed by atoms with Crippen LogP contribution in [0, 0.1) is 12.8 Å². The summed E-state index contributed by atoms with van der Waals surface area (Å²) in [5, 5.41) is 0. The molecule has 0 atom stereocenters. The Morgan fingerprint density at radius 2 is 1.82 bits per heavy atom. The summed E-state index contributed by atoms with van der Waals surface area (Å²) in [6.45, 7) is 3.92. The van der Waals surface area contributed by atoms with Crippen molar-refractivity contribution in [3.05, 3.63) is 29.8 Å². The van der Waals surface area contributed by atoms with Crippen molar-refractivity contribution in [2.45, 2.75) is 50.5 Å². The maximum Gasteiger partial charge on any atom is 0.308 e. The summed E-state index contributed by atoms with van der Waals surface area (Å²) < 4.78 is 43.0. The molecule has 1 aliphatic rings. The van der Waals surface area contributed by atoms with Crippen molar-refractivity contribution >= 4 is 16.1 Å². The van der Waals surface area contributed by atoms with Crippen LogP contribution in [0.5, 0.6) is 0 Å². The second kappa shape index (κ2) is 7.24. The van der Waals surface area contributed by atoms with E-state index in [1.807, 2.05) is 6.92 Å². The van der Waals surface area contributed by atoms with E-state index in [1.165, 1.54) is 12.1 Å². The molecule has 0 unspecified atom stereocenters. The predicted molar refractivity (Wildman–Crippen MR) is 81.8 cm³/mol. The van der Waals surface area contributed by atoms with Crippen molar-refractivity contribution in [1.82, 2.24) is 0 Å². The second-order valence-electron chi connectivity index (χ2n) is 5.42. The first kappa shape index (κ1) is 15.5. The molecule has 1 saturated carbocycles. The summed E-state index contributed by atoms with van der Waals surface area (Å²) in [4.78, 5) is 11.7. The molecule has 0 bridgehead atoms. The Kier molecular flexibility index (Phi) is 5.10. The van der Waals surface area contributed by atoms with E-state index in [-0.39, 0.29) is 29.6 Å². The summed E-state index contributed by atoms with van der Waals surface area (Å²) in [5.74, 6) is -0.560. The Balaban J connectivity index is 2.02. The fourth-order valence-electron chi connectivity index (χ4n) is 2.43. The monoisotopic (exact) mass is 327 g/mol. The van der Waals surface area contributed by atoms with Gasteiger partial charge < -0.3 is 4.74 Å². The van der Waals surface area contributed by atoms with Gasteiger partial charge >= 0.3 is 5.97 Å². The first-order chi connectivity index (χ1) is 10.8. The molecule has 1 aromatic carbocycles. The van der Waals surface area contributed by atoms with Crippen molar-refractivity contribution in [1.29, 1.82) is 0 Å². The van der Waals surface area contributed by atoms with Gasteiger partial charge in [-0.1, -0.05) is 17.7 Å². The van der Waals surface area contributed by atoms with Crippen LogP contribution in [0.1, 0.15) is 39.5 Å². The zero-order valence-corrected chi connectivity index (χ0v) is 13.7. The molecule has 0 radical (unpaired) electrons. The Morgan fingerprint density at radius 3 is 2.36 bits per heavy atom. The van der Waals surface area contributed by atoms with Gasteiger partial charge in [0.05, 0.1) is 24.9 Å². The fraction of sp³-hybridized carbons (Fsp3) is 0.562. The highest BCUT2D eigenvalue weighted by molar-refractivity contribution is 7.86. The molecule has 22 heavy (non-hydrogen) atoms. The number of benzene rings is 1. The molecule has 0 saturated heterocycles. The predicted octanol–water partition coefficient (Wildman–Crippen LogP) is 2.82. The number of rotatable bonds is 5. The lowest BCUT2D eigenvalue weighted by Crippen LogP contribution is -2.29. The summed E-state index contributed by atoms with van der Waals surface area (Å²) in [7, 11) is -3.99. The van der Waals surface area contributed by atoms with Gasteiger partial charge in [0.1, 0.15) is 0 Å². The molecule has 0 amide bonds. The Morgan fingerprint density at radius 1 is 1.23 bits per heavy atom. The van der Waals surface area contributed by atoms with Crippen molar-refractivity contribution in [3.8, 4) is 0 Å². The van der Waals surface area contributed by atoms with Crippen LogP contribution in [0.25, 0.3) is 0 Å². The van der Waals surface area contributed by atoms with Crippen LogP contribution in [-0.2, 0) is 23.8 Å². The lowest BCUT2D eigenvalue weighted by atomic mass is 9.87. The molecule has 5 nitrogen and oxygen atoms in total. The smallest absolute Gasteiger partial charge is 0.308 e. The van der Waals surface area contributed by atoms with Crippen LogP contribution in [0.3, 0.4) is 0 Å². The highest BCUT2D eigenvalue weighted by atomic mass is 32.2. The summed E-state index contributed by atoms with van der Waals surface area (Å²) in [6, 6.07) is 6.31. The van der Waals surface area contributed by atoms with Gasteiger partial charge in [-0.2, -0.15) is 8.42 Å². The number of carbonyl (C=O) groups excluding carboxylic acids is 1. The molecule has 0 aliphatic heterocycles. The Hall–Kier alpha value is -1.40. The molecule has 2 rings (SSSR count). The van der Waals surface area contributed by atoms with Crippen LogP contribution < -0.4 is 0 Å². The van der Waals surface area contributed by atoms with Crippen molar-refractivity contribution in [2.24, 2.45) is 5.92 Å². The molecular formula is C16H22O5S. The number of aryl methyl sites for hydroxylation is 1. The lowest BCUT2D eigenvalue weighted by molar-refractivity contribution is -0.149. The number of ether oxygens (including phenoxy) is 1. The molecule has 0 aromatic heterocycles. The van der Waals surface area contributed by atoms with Gasteiger partial charge in [-0.25, -0.2) is 0 Å². The van der Waals surface area contributed by atoms with Crippen molar-refractivity contribution in [3.63, 3.8) is 0 Å². The van der Waals surface area contributed by atoms with Gasteiger partial charge in [0.15, 0.2) is 0 Å². The van der Waals surface area contributed by atoms with Crippen LogP contribution in [0.15, 0.2) is 29.2 Å². The molecule has 122 valence electrons. The largest absolute Gasteiger partial charge is 0.466 e. The van der Waals surface area contributed by atoms with Gasteiger partial charge in [-0.05, 0) is 51.7 Å². The minimum Gasteiger partial charge on any atom is -0.466 e. The van der Waals surface area contributed by atoms with Gasteiger partial charge in [-0.15, -0.1) is 0 Å². The van der Waals surface area contributed by atoms with E-state index in [4.69, 9.17) is 10.3 Å². The van der Waals surface area contributed by atoms with E-state index < -0.39 is 16.2 Å². The molecule has 0 N–H and O–H groups in total. The quantitative estimate of drug-likeness (QED) is 0.614. The average Bonchev–Trinajstić information content (AvgIpc) is 2.47. The van der Waals surface area contributed by atoms with E-state index >= 15 is 0 Å². The number of hydrogen-bond donors (Lipinski definition) is 0. The second-order valence-corrected chi connectivity index (χ2v) is 6.96. The molecule has 1 aliphatic carbocycles. The number of carbonyl (C=O) groups is 1. The summed E-state index contributed by atoms with van der Waals surface area (Å²) in [5.41, 5.74) is 0.944. The normalized spacial score (nSPS) is 26.3. The van der Waals surface area contributed by atoms with Gasteiger partial charge in [0.2, 0.25) is 0 Å². The zero-order valence-electron chi connectivity index (χ0n) is 13.9. The van der Waals surface area contributed by atoms with Crippen LogP contribution in [0.4, 0.5) is 0 Å². The van der Waals surface area contributed by atoms with Crippen molar-refractivity contribution in [2.75, 3.05) is 6.61 Å². The third-order valence-electron chi connectivity index (χ3n) is 3.70. The molecule has 6 heteroatoms. The van der Waals surface area contributed by atoms with E-state index in [0.29, 0.717) is 19.4 Å². The summed E-state index contributed by atoms with van der Waals surface area (Å²) in [6.07, 6.45) is -0.368. The fourth-order valence-corrected chi connectivity index (χ4v) is 3.47. The number of esters is 1. The van der Waals surface area contributed by atoms with Gasteiger partial charge in [-0.3, -0.25) is 8.98 Å². The molecular weight excluding hydrogens is 304 g/mol. The van der Waals surface area contributed by atoms with Crippen LogP contribution in [-0.4, -0.2) is 27.1 Å². The molecule has 0 heterocycles. The van der Waals surface area contributed by atoms with E-state index in [1.54, 1.807) is 19.1 Å². The highest BCUT2D eigenvalue weighted by Gasteiger charge is 2.30. The van der Waals surface area contributed by atoms with Gasteiger partial charge in [0, 0.05) is 0 Å². The standard InChI is InChI=1S/C16H22O5S/c1-3-20-16(17)13-6-8-14(9-7-13)21-22(18,19)15-10-4-12(2)5-11-15/h4-5,10-11,13-14H,3,6-9H2,1-2H3/i14D. The molecule has 1 aromatic rings. The van der Waals surface area contributed by atoms with Gasteiger partial charge in [0.25, 0.3) is 10.1 Å². The number of hydrogen-bond acceptors (Lipinski definition) is 5. The SMILES string of the molecule is [2H]C1(OS(=O)(=O)c2ccc(C)cc2)CCC(C(=O)OCC)CC1. The van der Waals surface area contributed by atoms with E-state index in [9.17, 15) is 13.2 Å².